The molecule has 0 aliphatic carbocycles. The zero-order chi connectivity index (χ0) is 17.9. The minimum Gasteiger partial charge on any atom is -0.481 e. The molecule has 24 heavy (non-hydrogen) atoms. The van der Waals surface area contributed by atoms with Gasteiger partial charge in [-0.25, -0.2) is 0 Å². The van der Waals surface area contributed by atoms with E-state index >= 15 is 0 Å². The SMILES string of the molecule is Cc1c(Cl)cccc1NC(=O)[C@@H](C)Oc1ccc(C(C)(C)C)cc1. The molecule has 0 heterocycles. The van der Waals surface area contributed by atoms with Crippen LogP contribution in [-0.4, -0.2) is 12.0 Å². The summed E-state index contributed by atoms with van der Waals surface area (Å²) in [4.78, 5) is 12.3. The highest BCUT2D eigenvalue weighted by atomic mass is 35.5. The number of rotatable bonds is 4. The Morgan fingerprint density at radius 3 is 2.33 bits per heavy atom. The van der Waals surface area contributed by atoms with Crippen molar-refractivity contribution >= 4 is 23.2 Å². The van der Waals surface area contributed by atoms with Gasteiger partial charge in [0.05, 0.1) is 0 Å². The summed E-state index contributed by atoms with van der Waals surface area (Å²) < 4.78 is 5.74. The summed E-state index contributed by atoms with van der Waals surface area (Å²) in [6.07, 6.45) is -0.608. The van der Waals surface area contributed by atoms with Crippen molar-refractivity contribution in [1.29, 1.82) is 0 Å². The minimum atomic E-state index is -0.608. The maximum atomic E-state index is 12.3. The predicted molar refractivity (Wildman–Crippen MR) is 100 cm³/mol. The lowest BCUT2D eigenvalue weighted by Gasteiger charge is -2.20. The monoisotopic (exact) mass is 345 g/mol. The van der Waals surface area contributed by atoms with Gasteiger partial charge in [-0.3, -0.25) is 4.79 Å². The van der Waals surface area contributed by atoms with Crippen molar-refractivity contribution < 1.29 is 9.53 Å². The summed E-state index contributed by atoms with van der Waals surface area (Å²) in [6, 6.07) is 13.3. The summed E-state index contributed by atoms with van der Waals surface area (Å²) in [7, 11) is 0. The van der Waals surface area contributed by atoms with E-state index in [1.807, 2.05) is 43.3 Å². The Balaban J connectivity index is 2.02. The lowest BCUT2D eigenvalue weighted by molar-refractivity contribution is -0.122. The lowest BCUT2D eigenvalue weighted by Crippen LogP contribution is -2.30. The lowest BCUT2D eigenvalue weighted by atomic mass is 9.87. The first-order chi connectivity index (χ1) is 11.2. The van der Waals surface area contributed by atoms with E-state index in [4.69, 9.17) is 16.3 Å². The average molecular weight is 346 g/mol. The van der Waals surface area contributed by atoms with Crippen molar-refractivity contribution in [3.8, 4) is 5.75 Å². The van der Waals surface area contributed by atoms with Crippen LogP contribution >= 0.6 is 11.6 Å². The molecule has 2 aromatic carbocycles. The van der Waals surface area contributed by atoms with Gasteiger partial charge in [-0.05, 0) is 54.7 Å². The third-order valence-corrected chi connectivity index (χ3v) is 4.34. The summed E-state index contributed by atoms with van der Waals surface area (Å²) >= 11 is 6.08. The first kappa shape index (κ1) is 18.3. The van der Waals surface area contributed by atoms with Crippen molar-refractivity contribution in [3.05, 3.63) is 58.6 Å². The van der Waals surface area contributed by atoms with Crippen molar-refractivity contribution in [3.63, 3.8) is 0 Å². The van der Waals surface area contributed by atoms with Gasteiger partial charge in [-0.15, -0.1) is 0 Å². The Morgan fingerprint density at radius 2 is 1.75 bits per heavy atom. The number of hydrogen-bond donors (Lipinski definition) is 1. The summed E-state index contributed by atoms with van der Waals surface area (Å²) in [5.74, 6) is 0.466. The standard InChI is InChI=1S/C20H24ClNO2/c1-13-17(21)7-6-8-18(13)22-19(23)14(2)24-16-11-9-15(10-12-16)20(3,4)5/h6-12,14H,1-5H3,(H,22,23)/t14-/m1/s1. The van der Waals surface area contributed by atoms with Gasteiger partial charge in [0.15, 0.2) is 6.10 Å². The van der Waals surface area contributed by atoms with Gasteiger partial charge >= 0.3 is 0 Å². The molecule has 0 aliphatic rings. The largest absolute Gasteiger partial charge is 0.481 e. The van der Waals surface area contributed by atoms with Gasteiger partial charge in [-0.1, -0.05) is 50.6 Å². The predicted octanol–water partition coefficient (Wildman–Crippen LogP) is 5.35. The van der Waals surface area contributed by atoms with Crippen LogP contribution in [0.5, 0.6) is 5.75 Å². The number of carbonyl (C=O) groups is 1. The van der Waals surface area contributed by atoms with Crippen LogP contribution in [0.25, 0.3) is 0 Å². The molecule has 1 atom stereocenters. The Labute approximate surface area is 149 Å². The second kappa shape index (κ2) is 7.27. The van der Waals surface area contributed by atoms with E-state index in [1.165, 1.54) is 5.56 Å². The first-order valence-electron chi connectivity index (χ1n) is 8.01. The number of hydrogen-bond acceptors (Lipinski definition) is 2. The second-order valence-electron chi connectivity index (χ2n) is 6.94. The van der Waals surface area contributed by atoms with E-state index < -0.39 is 6.10 Å². The summed E-state index contributed by atoms with van der Waals surface area (Å²) in [5.41, 5.74) is 2.85. The Kier molecular flexibility index (Phi) is 5.55. The van der Waals surface area contributed by atoms with Crippen LogP contribution in [0.2, 0.25) is 5.02 Å². The maximum Gasteiger partial charge on any atom is 0.265 e. The molecule has 1 N–H and O–H groups in total. The van der Waals surface area contributed by atoms with Gasteiger partial charge in [0, 0.05) is 10.7 Å². The van der Waals surface area contributed by atoms with Crippen LogP contribution < -0.4 is 10.1 Å². The van der Waals surface area contributed by atoms with E-state index in [9.17, 15) is 4.79 Å². The Bertz CT molecular complexity index is 717. The van der Waals surface area contributed by atoms with Crippen LogP contribution in [0.3, 0.4) is 0 Å². The smallest absolute Gasteiger partial charge is 0.265 e. The number of carbonyl (C=O) groups excluding carboxylic acids is 1. The van der Waals surface area contributed by atoms with Crippen LogP contribution in [-0.2, 0) is 10.2 Å². The van der Waals surface area contributed by atoms with Gasteiger partial charge in [-0.2, -0.15) is 0 Å². The third-order valence-electron chi connectivity index (χ3n) is 3.93. The van der Waals surface area contributed by atoms with Crippen molar-refractivity contribution in [2.24, 2.45) is 0 Å². The molecule has 0 spiro atoms. The number of halogens is 1. The fraction of sp³-hybridized carbons (Fsp3) is 0.350. The van der Waals surface area contributed by atoms with Crippen LogP contribution in [0, 0.1) is 6.92 Å². The van der Waals surface area contributed by atoms with Crippen LogP contribution in [0.1, 0.15) is 38.8 Å². The topological polar surface area (TPSA) is 38.3 Å². The Hall–Kier alpha value is -2.00. The van der Waals surface area contributed by atoms with Crippen molar-refractivity contribution in [2.75, 3.05) is 5.32 Å². The maximum absolute atomic E-state index is 12.3. The third kappa shape index (κ3) is 4.51. The van der Waals surface area contributed by atoms with E-state index in [2.05, 4.69) is 26.1 Å². The minimum absolute atomic E-state index is 0.0889. The van der Waals surface area contributed by atoms with E-state index in [0.717, 1.165) is 5.56 Å². The molecule has 1 amide bonds. The molecule has 0 fully saturated rings. The zero-order valence-corrected chi connectivity index (χ0v) is 15.6. The normalized spacial score (nSPS) is 12.6. The van der Waals surface area contributed by atoms with Crippen LogP contribution in [0.15, 0.2) is 42.5 Å². The molecule has 128 valence electrons. The highest BCUT2D eigenvalue weighted by Crippen LogP contribution is 2.25. The van der Waals surface area contributed by atoms with Gasteiger partial charge in [0.2, 0.25) is 0 Å². The Morgan fingerprint density at radius 1 is 1.12 bits per heavy atom. The molecule has 0 radical (unpaired) electrons. The van der Waals surface area contributed by atoms with E-state index in [-0.39, 0.29) is 11.3 Å². The van der Waals surface area contributed by atoms with Crippen LogP contribution in [0.4, 0.5) is 5.69 Å². The summed E-state index contributed by atoms with van der Waals surface area (Å²) in [6.45, 7) is 10.1. The fourth-order valence-electron chi connectivity index (χ4n) is 2.27. The molecular weight excluding hydrogens is 322 g/mol. The van der Waals surface area contributed by atoms with Gasteiger partial charge in [0.1, 0.15) is 5.75 Å². The molecule has 0 saturated carbocycles. The molecular formula is C20H24ClNO2. The molecule has 2 aromatic rings. The quantitative estimate of drug-likeness (QED) is 0.810. The highest BCUT2D eigenvalue weighted by molar-refractivity contribution is 6.31. The van der Waals surface area contributed by atoms with Crippen molar-refractivity contribution in [1.82, 2.24) is 0 Å². The number of amides is 1. The highest BCUT2D eigenvalue weighted by Gasteiger charge is 2.17. The summed E-state index contributed by atoms with van der Waals surface area (Å²) in [5, 5.41) is 3.48. The molecule has 0 saturated heterocycles. The van der Waals surface area contributed by atoms with E-state index in [1.54, 1.807) is 13.0 Å². The molecule has 0 unspecified atom stereocenters. The molecule has 2 rings (SSSR count). The fourth-order valence-corrected chi connectivity index (χ4v) is 2.44. The number of ether oxygens (including phenoxy) is 1. The van der Waals surface area contributed by atoms with Gasteiger partial charge < -0.3 is 10.1 Å². The average Bonchev–Trinajstić information content (AvgIpc) is 2.51. The van der Waals surface area contributed by atoms with E-state index in [0.29, 0.717) is 16.5 Å². The molecule has 0 bridgehead atoms. The molecule has 0 aromatic heterocycles. The molecule has 3 nitrogen and oxygen atoms in total. The number of benzene rings is 2. The molecule has 0 aliphatic heterocycles. The van der Waals surface area contributed by atoms with Crippen molar-refractivity contribution in [2.45, 2.75) is 46.1 Å². The first-order valence-corrected chi connectivity index (χ1v) is 8.39. The van der Waals surface area contributed by atoms with Gasteiger partial charge in [0.25, 0.3) is 5.91 Å². The molecule has 4 heteroatoms. The second-order valence-corrected chi connectivity index (χ2v) is 7.34. The number of anilines is 1. The zero-order valence-electron chi connectivity index (χ0n) is 14.8. The number of nitrogens with one attached hydrogen (secondary N) is 1.